The largest absolute Gasteiger partial charge is 0.508 e. The van der Waals surface area contributed by atoms with Crippen molar-refractivity contribution in [3.05, 3.63) is 48.3 Å². The summed E-state index contributed by atoms with van der Waals surface area (Å²) in [4.78, 5) is 11.3. The van der Waals surface area contributed by atoms with Gasteiger partial charge in [-0.3, -0.25) is 4.79 Å². The Morgan fingerprint density at radius 2 is 2.19 bits per heavy atom. The van der Waals surface area contributed by atoms with Crippen LogP contribution >= 0.6 is 0 Å². The lowest BCUT2D eigenvalue weighted by Crippen LogP contribution is -2.08. The number of anilines is 1. The monoisotopic (exact) mass is 221 g/mol. The fourth-order valence-electron chi connectivity index (χ4n) is 1.03. The van der Waals surface area contributed by atoms with Gasteiger partial charge < -0.3 is 10.4 Å². The van der Waals surface area contributed by atoms with Crippen LogP contribution in [0.3, 0.4) is 0 Å². The number of benzene rings is 1. The number of phenols is 1. The number of aromatic hydroxyl groups is 1. The number of rotatable bonds is 3. The van der Waals surface area contributed by atoms with Gasteiger partial charge in [-0.05, 0) is 19.1 Å². The highest BCUT2D eigenvalue weighted by molar-refractivity contribution is 5.99. The molecule has 2 N–H and O–H groups in total. The maximum absolute atomic E-state index is 13.2. The summed E-state index contributed by atoms with van der Waals surface area (Å²) < 4.78 is 13.2. The number of halogens is 1. The molecule has 0 fully saturated rings. The molecule has 0 radical (unpaired) electrons. The Morgan fingerprint density at radius 1 is 1.44 bits per heavy atom. The van der Waals surface area contributed by atoms with Gasteiger partial charge >= 0.3 is 0 Å². The molecule has 0 saturated heterocycles. The molecule has 0 heterocycles. The number of amides is 1. The third-order valence-corrected chi connectivity index (χ3v) is 1.76. The van der Waals surface area contributed by atoms with E-state index in [0.29, 0.717) is 0 Å². The molecule has 1 rings (SSSR count). The van der Waals surface area contributed by atoms with Gasteiger partial charge in [-0.1, -0.05) is 18.2 Å². The number of carbonyl (C=O) groups excluding carboxylic acids is 1. The molecular weight excluding hydrogens is 209 g/mol. The topological polar surface area (TPSA) is 49.3 Å². The highest BCUT2D eigenvalue weighted by Gasteiger charge is 2.04. The van der Waals surface area contributed by atoms with Crippen LogP contribution in [0.15, 0.2) is 42.5 Å². The van der Waals surface area contributed by atoms with Gasteiger partial charge in [0, 0.05) is 12.1 Å². The van der Waals surface area contributed by atoms with E-state index in [0.717, 1.165) is 6.07 Å². The molecule has 1 amide bonds. The Balaban J connectivity index is 2.70. The second-order valence-corrected chi connectivity index (χ2v) is 3.04. The van der Waals surface area contributed by atoms with E-state index >= 15 is 0 Å². The third kappa shape index (κ3) is 3.57. The lowest BCUT2D eigenvalue weighted by Gasteiger charge is -2.03. The molecular formula is C12H12FNO2. The molecule has 0 aromatic heterocycles. The molecule has 0 aliphatic rings. The van der Waals surface area contributed by atoms with Crippen LogP contribution in [0.2, 0.25) is 0 Å². The fourth-order valence-corrected chi connectivity index (χ4v) is 1.03. The van der Waals surface area contributed by atoms with Crippen LogP contribution in [-0.2, 0) is 4.79 Å². The normalized spacial score (nSPS) is 11.1. The standard InChI is InChI=1S/C12H12FNO2/c1-2-3-4-5-12(16)14-11-7-6-9(15)8-10(11)13/h2-8,15H,1H3,(H,14,16). The molecule has 0 atom stereocenters. The second-order valence-electron chi connectivity index (χ2n) is 3.04. The van der Waals surface area contributed by atoms with Crippen molar-refractivity contribution in [1.82, 2.24) is 0 Å². The lowest BCUT2D eigenvalue weighted by atomic mass is 10.3. The number of allylic oxidation sites excluding steroid dienone is 3. The highest BCUT2D eigenvalue weighted by Crippen LogP contribution is 2.19. The highest BCUT2D eigenvalue weighted by atomic mass is 19.1. The summed E-state index contributed by atoms with van der Waals surface area (Å²) in [7, 11) is 0. The van der Waals surface area contributed by atoms with Gasteiger partial charge in [0.2, 0.25) is 5.91 Å². The van der Waals surface area contributed by atoms with Gasteiger partial charge in [0.15, 0.2) is 0 Å². The molecule has 0 spiro atoms. The molecule has 3 nitrogen and oxygen atoms in total. The SMILES string of the molecule is CC=CC=CC(=O)Nc1ccc(O)cc1F. The third-order valence-electron chi connectivity index (χ3n) is 1.76. The van der Waals surface area contributed by atoms with Crippen LogP contribution < -0.4 is 5.32 Å². The quantitative estimate of drug-likeness (QED) is 0.468. The summed E-state index contributed by atoms with van der Waals surface area (Å²) in [6.45, 7) is 1.82. The molecule has 0 unspecified atom stereocenters. The average molecular weight is 221 g/mol. The first kappa shape index (κ1) is 12.0. The Labute approximate surface area is 92.9 Å². The van der Waals surface area contributed by atoms with E-state index in [9.17, 15) is 9.18 Å². The van der Waals surface area contributed by atoms with E-state index in [4.69, 9.17) is 5.11 Å². The van der Waals surface area contributed by atoms with Crippen molar-refractivity contribution in [2.75, 3.05) is 5.32 Å². The molecule has 0 aliphatic carbocycles. The zero-order chi connectivity index (χ0) is 12.0. The van der Waals surface area contributed by atoms with Crippen LogP contribution in [0.5, 0.6) is 5.75 Å². The molecule has 4 heteroatoms. The molecule has 1 aromatic carbocycles. The number of phenolic OH excluding ortho intramolecular Hbond substituents is 1. The van der Waals surface area contributed by atoms with E-state index in [1.54, 1.807) is 18.2 Å². The molecule has 0 saturated carbocycles. The van der Waals surface area contributed by atoms with Gasteiger partial charge in [-0.15, -0.1) is 0 Å². The maximum atomic E-state index is 13.2. The van der Waals surface area contributed by atoms with Gasteiger partial charge in [-0.2, -0.15) is 0 Å². The van der Waals surface area contributed by atoms with Crippen LogP contribution in [0.4, 0.5) is 10.1 Å². The zero-order valence-corrected chi connectivity index (χ0v) is 8.77. The number of nitrogens with one attached hydrogen (secondary N) is 1. The second kappa shape index (κ2) is 5.70. The minimum atomic E-state index is -0.673. The number of carbonyl (C=O) groups is 1. The van der Waals surface area contributed by atoms with Crippen LogP contribution in [0.25, 0.3) is 0 Å². The average Bonchev–Trinajstić information content (AvgIpc) is 2.23. The first-order chi connectivity index (χ1) is 7.63. The van der Waals surface area contributed by atoms with Crippen LogP contribution in [0.1, 0.15) is 6.92 Å². The molecule has 0 aliphatic heterocycles. The lowest BCUT2D eigenvalue weighted by molar-refractivity contribution is -0.111. The Kier molecular flexibility index (Phi) is 4.27. The van der Waals surface area contributed by atoms with Crippen LogP contribution in [0, 0.1) is 5.82 Å². The first-order valence-corrected chi connectivity index (χ1v) is 4.72. The van der Waals surface area contributed by atoms with Crippen molar-refractivity contribution in [2.45, 2.75) is 6.92 Å². The molecule has 16 heavy (non-hydrogen) atoms. The molecule has 1 aromatic rings. The van der Waals surface area contributed by atoms with Crippen molar-refractivity contribution in [3.8, 4) is 5.75 Å². The first-order valence-electron chi connectivity index (χ1n) is 4.72. The Hall–Kier alpha value is -2.10. The number of hydrogen-bond acceptors (Lipinski definition) is 2. The zero-order valence-electron chi connectivity index (χ0n) is 8.77. The van der Waals surface area contributed by atoms with E-state index in [2.05, 4.69) is 5.32 Å². The van der Waals surface area contributed by atoms with Gasteiger partial charge in [0.25, 0.3) is 0 Å². The van der Waals surface area contributed by atoms with Gasteiger partial charge in [0.05, 0.1) is 5.69 Å². The van der Waals surface area contributed by atoms with E-state index in [1.165, 1.54) is 18.2 Å². The fraction of sp³-hybridized carbons (Fsp3) is 0.0833. The maximum Gasteiger partial charge on any atom is 0.248 e. The van der Waals surface area contributed by atoms with E-state index in [-0.39, 0.29) is 11.4 Å². The van der Waals surface area contributed by atoms with Crippen molar-refractivity contribution < 1.29 is 14.3 Å². The van der Waals surface area contributed by atoms with Gasteiger partial charge in [-0.25, -0.2) is 4.39 Å². The van der Waals surface area contributed by atoms with Crippen molar-refractivity contribution in [1.29, 1.82) is 0 Å². The Bertz CT molecular complexity index is 439. The predicted molar refractivity (Wildman–Crippen MR) is 60.6 cm³/mol. The predicted octanol–water partition coefficient (Wildman–Crippen LogP) is 2.60. The van der Waals surface area contributed by atoms with Crippen molar-refractivity contribution >= 4 is 11.6 Å². The van der Waals surface area contributed by atoms with Gasteiger partial charge in [0.1, 0.15) is 11.6 Å². The van der Waals surface area contributed by atoms with Crippen molar-refractivity contribution in [2.24, 2.45) is 0 Å². The van der Waals surface area contributed by atoms with E-state index in [1.807, 2.05) is 6.92 Å². The summed E-state index contributed by atoms with van der Waals surface area (Å²) in [5, 5.41) is 11.3. The smallest absolute Gasteiger partial charge is 0.248 e. The number of hydrogen-bond donors (Lipinski definition) is 2. The summed E-state index contributed by atoms with van der Waals surface area (Å²) >= 11 is 0. The summed E-state index contributed by atoms with van der Waals surface area (Å²) in [6, 6.07) is 3.53. The van der Waals surface area contributed by atoms with Crippen LogP contribution in [-0.4, -0.2) is 11.0 Å². The van der Waals surface area contributed by atoms with E-state index < -0.39 is 11.7 Å². The summed E-state index contributed by atoms with van der Waals surface area (Å²) in [6.07, 6.45) is 6.29. The Morgan fingerprint density at radius 3 is 2.81 bits per heavy atom. The summed E-state index contributed by atoms with van der Waals surface area (Å²) in [5.41, 5.74) is 0.0351. The van der Waals surface area contributed by atoms with Crippen molar-refractivity contribution in [3.63, 3.8) is 0 Å². The minimum Gasteiger partial charge on any atom is -0.508 e. The molecule has 84 valence electrons. The minimum absolute atomic E-state index is 0.0351. The summed E-state index contributed by atoms with van der Waals surface area (Å²) in [5.74, 6) is -1.28. The molecule has 0 bridgehead atoms.